The van der Waals surface area contributed by atoms with Crippen molar-refractivity contribution in [3.8, 4) is 0 Å². The number of primary amides is 1. The molecule has 9 N–H and O–H groups in total. The second-order valence-corrected chi connectivity index (χ2v) is 7.33. The highest BCUT2D eigenvalue weighted by molar-refractivity contribution is 5.86. The number of nitrogens with two attached hydrogens (primary N) is 3. The number of aromatic nitrogens is 2. The van der Waals surface area contributed by atoms with Crippen LogP contribution in [0.25, 0.3) is 0 Å². The molecule has 170 valence electrons. The molecule has 0 bridgehead atoms. The zero-order valence-corrected chi connectivity index (χ0v) is 18.2. The number of nitrogens with zero attached hydrogens (tertiary/aromatic N) is 2. The lowest BCUT2D eigenvalue weighted by molar-refractivity contribution is 0.259. The smallest absolute Gasteiger partial charge is 0.349 e. The Kier molecular flexibility index (Phi) is 12.2. The monoisotopic (exact) mass is 422 g/mol. The van der Waals surface area contributed by atoms with E-state index in [1.165, 1.54) is 10.1 Å². The van der Waals surface area contributed by atoms with Crippen LogP contribution in [0.3, 0.4) is 0 Å². The van der Waals surface area contributed by atoms with E-state index in [4.69, 9.17) is 17.2 Å². The summed E-state index contributed by atoms with van der Waals surface area (Å²) in [6.45, 7) is 7.04. The Bertz CT molecular complexity index is 732. The molecule has 2 amide bonds. The summed E-state index contributed by atoms with van der Waals surface area (Å²) in [6.07, 6.45) is 7.24. The SMILES string of the molecule is CC/C(C)=C(\N)NCCC[C@@H](CCCn1ccc(NC(N)=O)nc1=O)NCCCN. The molecule has 0 unspecified atom stereocenters. The van der Waals surface area contributed by atoms with Gasteiger partial charge in [-0.2, -0.15) is 4.98 Å². The molecular formula is C20H38N8O2. The molecule has 1 aromatic rings. The molecule has 0 aromatic carbocycles. The second-order valence-electron chi connectivity index (χ2n) is 7.33. The first kappa shape index (κ1) is 25.4. The molecule has 0 aliphatic carbocycles. The van der Waals surface area contributed by atoms with Crippen molar-refractivity contribution in [3.63, 3.8) is 0 Å². The Balaban J connectivity index is 2.49. The fourth-order valence-electron chi connectivity index (χ4n) is 2.97. The van der Waals surface area contributed by atoms with E-state index in [0.717, 1.165) is 57.4 Å². The summed E-state index contributed by atoms with van der Waals surface area (Å²) >= 11 is 0. The zero-order chi connectivity index (χ0) is 22.4. The number of nitrogens with one attached hydrogen (secondary N) is 3. The molecular weight excluding hydrogens is 384 g/mol. The Hall–Kier alpha value is -2.59. The fourth-order valence-corrected chi connectivity index (χ4v) is 2.97. The third-order valence-corrected chi connectivity index (χ3v) is 4.93. The predicted molar refractivity (Wildman–Crippen MR) is 121 cm³/mol. The van der Waals surface area contributed by atoms with Gasteiger partial charge in [-0.05, 0) is 70.2 Å². The molecule has 1 atom stereocenters. The number of carbonyl (C=O) groups is 1. The van der Waals surface area contributed by atoms with Crippen LogP contribution >= 0.6 is 0 Å². The van der Waals surface area contributed by atoms with E-state index in [-0.39, 0.29) is 5.82 Å². The topological polar surface area (TPSA) is 166 Å². The van der Waals surface area contributed by atoms with Gasteiger partial charge in [-0.1, -0.05) is 6.92 Å². The number of aryl methyl sites for hydroxylation is 1. The first-order chi connectivity index (χ1) is 14.4. The molecule has 0 fully saturated rings. The van der Waals surface area contributed by atoms with Crippen LogP contribution in [0.5, 0.6) is 0 Å². The van der Waals surface area contributed by atoms with E-state index in [0.29, 0.717) is 19.1 Å². The Morgan fingerprint density at radius 2 is 1.93 bits per heavy atom. The number of anilines is 1. The Morgan fingerprint density at radius 1 is 1.20 bits per heavy atom. The van der Waals surface area contributed by atoms with Crippen LogP contribution < -0.4 is 38.8 Å². The first-order valence-corrected chi connectivity index (χ1v) is 10.6. The van der Waals surface area contributed by atoms with Crippen molar-refractivity contribution in [3.05, 3.63) is 34.1 Å². The molecule has 0 saturated heterocycles. The van der Waals surface area contributed by atoms with Gasteiger partial charge in [-0.25, -0.2) is 9.59 Å². The number of hydrogen-bond donors (Lipinski definition) is 6. The van der Waals surface area contributed by atoms with Gasteiger partial charge in [0.2, 0.25) is 0 Å². The molecule has 10 nitrogen and oxygen atoms in total. The molecule has 0 saturated carbocycles. The van der Waals surface area contributed by atoms with E-state index >= 15 is 0 Å². The third kappa shape index (κ3) is 10.3. The lowest BCUT2D eigenvalue weighted by atomic mass is 10.1. The maximum Gasteiger partial charge on any atom is 0.349 e. The van der Waals surface area contributed by atoms with Gasteiger partial charge in [0.1, 0.15) is 5.82 Å². The Labute approximate surface area is 178 Å². The molecule has 1 heterocycles. The largest absolute Gasteiger partial charge is 0.386 e. The zero-order valence-electron chi connectivity index (χ0n) is 18.2. The normalized spacial score (nSPS) is 12.9. The molecule has 0 radical (unpaired) electrons. The number of rotatable bonds is 15. The van der Waals surface area contributed by atoms with Crippen LogP contribution in [-0.4, -0.2) is 41.3 Å². The van der Waals surface area contributed by atoms with Crippen molar-refractivity contribution in [2.75, 3.05) is 25.0 Å². The first-order valence-electron chi connectivity index (χ1n) is 10.6. The van der Waals surface area contributed by atoms with Crippen LogP contribution in [0.4, 0.5) is 10.6 Å². The van der Waals surface area contributed by atoms with Gasteiger partial charge >= 0.3 is 11.7 Å². The predicted octanol–water partition coefficient (Wildman–Crippen LogP) is 0.791. The molecule has 0 spiro atoms. The molecule has 30 heavy (non-hydrogen) atoms. The van der Waals surface area contributed by atoms with E-state index in [1.807, 2.05) is 6.92 Å². The van der Waals surface area contributed by atoms with Gasteiger partial charge in [-0.3, -0.25) is 9.88 Å². The highest BCUT2D eigenvalue weighted by Crippen LogP contribution is 2.07. The van der Waals surface area contributed by atoms with Crippen LogP contribution in [0.1, 0.15) is 52.4 Å². The third-order valence-electron chi connectivity index (χ3n) is 4.93. The van der Waals surface area contributed by atoms with E-state index in [2.05, 4.69) is 27.9 Å². The summed E-state index contributed by atoms with van der Waals surface area (Å²) in [5.41, 5.74) is 17.4. The van der Waals surface area contributed by atoms with Crippen molar-refractivity contribution >= 4 is 11.8 Å². The lowest BCUT2D eigenvalue weighted by Crippen LogP contribution is -2.33. The summed E-state index contributed by atoms with van der Waals surface area (Å²) in [5, 5.41) is 9.14. The van der Waals surface area contributed by atoms with E-state index in [1.54, 1.807) is 12.3 Å². The molecule has 10 heteroatoms. The number of urea groups is 1. The van der Waals surface area contributed by atoms with Crippen molar-refractivity contribution in [1.82, 2.24) is 20.2 Å². The van der Waals surface area contributed by atoms with Gasteiger partial charge in [-0.15, -0.1) is 0 Å². The average molecular weight is 423 g/mol. The number of hydrogen-bond acceptors (Lipinski definition) is 7. The van der Waals surface area contributed by atoms with E-state index < -0.39 is 11.7 Å². The van der Waals surface area contributed by atoms with Gasteiger partial charge < -0.3 is 27.8 Å². The van der Waals surface area contributed by atoms with Crippen LogP contribution in [0.15, 0.2) is 28.5 Å². The maximum absolute atomic E-state index is 12.1. The average Bonchev–Trinajstić information content (AvgIpc) is 2.71. The number of carbonyl (C=O) groups excluding carboxylic acids is 1. The number of allylic oxidation sites excluding steroid dienone is 1. The quantitative estimate of drug-likeness (QED) is 0.227. The van der Waals surface area contributed by atoms with Crippen LogP contribution in [-0.2, 0) is 6.54 Å². The van der Waals surface area contributed by atoms with Gasteiger partial charge in [0.05, 0.1) is 5.82 Å². The summed E-state index contributed by atoms with van der Waals surface area (Å²) in [4.78, 5) is 26.7. The minimum Gasteiger partial charge on any atom is -0.386 e. The second kappa shape index (κ2) is 14.4. The summed E-state index contributed by atoms with van der Waals surface area (Å²) in [7, 11) is 0. The summed E-state index contributed by atoms with van der Waals surface area (Å²) < 4.78 is 1.53. The highest BCUT2D eigenvalue weighted by Gasteiger charge is 2.09. The van der Waals surface area contributed by atoms with Crippen molar-refractivity contribution < 1.29 is 4.79 Å². The molecule has 0 aliphatic heterocycles. The number of amides is 2. The highest BCUT2D eigenvalue weighted by atomic mass is 16.2. The summed E-state index contributed by atoms with van der Waals surface area (Å²) in [6, 6.07) is 1.16. The maximum atomic E-state index is 12.1. The minimum absolute atomic E-state index is 0.157. The van der Waals surface area contributed by atoms with Crippen molar-refractivity contribution in [2.45, 2.75) is 65.0 Å². The minimum atomic E-state index is -0.748. The molecule has 1 aromatic heterocycles. The van der Waals surface area contributed by atoms with Crippen molar-refractivity contribution in [1.29, 1.82) is 0 Å². The van der Waals surface area contributed by atoms with Gasteiger partial charge in [0.25, 0.3) is 0 Å². The molecule has 0 aliphatic rings. The van der Waals surface area contributed by atoms with E-state index in [9.17, 15) is 9.59 Å². The lowest BCUT2D eigenvalue weighted by Gasteiger charge is -2.19. The standard InChI is InChI=1S/C20H38N8O2/c1-3-15(2)18(22)25-11-4-7-16(24-12-6-10-21)8-5-13-28-14-9-17(26-19(23)29)27-20(28)30/h9,14,16,24-25H,3-8,10-13,21-22H2,1-2H3,(H3,23,26,27,29,30)/b18-15+/t16-/m0/s1. The fraction of sp³-hybridized carbons (Fsp3) is 0.650. The van der Waals surface area contributed by atoms with Gasteiger partial charge in [0, 0.05) is 25.3 Å². The van der Waals surface area contributed by atoms with Crippen molar-refractivity contribution in [2.24, 2.45) is 17.2 Å². The Morgan fingerprint density at radius 3 is 2.57 bits per heavy atom. The molecule has 1 rings (SSSR count). The van der Waals surface area contributed by atoms with Gasteiger partial charge in [0.15, 0.2) is 0 Å². The summed E-state index contributed by atoms with van der Waals surface area (Å²) in [5.74, 6) is 0.926. The van der Waals surface area contributed by atoms with Crippen LogP contribution in [0, 0.1) is 0 Å². The van der Waals surface area contributed by atoms with Crippen LogP contribution in [0.2, 0.25) is 0 Å².